The van der Waals surface area contributed by atoms with Crippen LogP contribution in [0.4, 0.5) is 0 Å². The Morgan fingerprint density at radius 1 is 1.15 bits per heavy atom. The number of benzene rings is 1. The molecule has 0 aliphatic carbocycles. The maximum absolute atomic E-state index is 13.3. The number of carbonyl (C=O) groups excluding carboxylic acids is 2. The van der Waals surface area contributed by atoms with E-state index in [0.717, 1.165) is 38.3 Å². The molecule has 0 radical (unpaired) electrons. The maximum atomic E-state index is 13.3. The molecule has 4 rings (SSSR count). The fraction of sp³-hybridized carbons (Fsp3) is 0.600. The molecule has 0 saturated carbocycles. The van der Waals surface area contributed by atoms with Crippen LogP contribution < -0.4 is 0 Å². The second kappa shape index (κ2) is 11.6. The zero-order valence-electron chi connectivity index (χ0n) is 20.6. The van der Waals surface area contributed by atoms with E-state index in [-0.39, 0.29) is 42.5 Å². The van der Waals surface area contributed by atoms with Crippen molar-refractivity contribution in [1.29, 1.82) is 0 Å². The van der Waals surface area contributed by atoms with E-state index in [0.29, 0.717) is 28.4 Å². The quantitative estimate of drug-likeness (QED) is 0.632. The minimum absolute atomic E-state index is 0. The Hall–Kier alpha value is -1.76. The van der Waals surface area contributed by atoms with Crippen LogP contribution in [0.5, 0.6) is 0 Å². The third kappa shape index (κ3) is 6.23. The van der Waals surface area contributed by atoms with Crippen LogP contribution in [0, 0.1) is 11.8 Å². The first kappa shape index (κ1) is 24.4. The molecule has 0 atom stereocenters. The van der Waals surface area contributed by atoms with Crippen LogP contribution in [0.2, 0.25) is 5.02 Å². The van der Waals surface area contributed by atoms with E-state index in [4.69, 9.17) is 13.0 Å². The number of rotatable bonds is 6. The van der Waals surface area contributed by atoms with E-state index >= 15 is 0 Å². The molecule has 6 nitrogen and oxygen atoms in total. The molecule has 182 valence electrons. The lowest BCUT2D eigenvalue weighted by atomic mass is 9.79. The molecule has 8 heteroatoms. The average molecular weight is 497 g/mol. The van der Waals surface area contributed by atoms with Gasteiger partial charge in [-0.05, 0) is 88.3 Å². The molecule has 2 aromatic rings. The number of aromatic amines is 1. The largest absolute Gasteiger partial charge is 0.351 e. The van der Waals surface area contributed by atoms with Crippen molar-refractivity contribution in [1.82, 2.24) is 19.7 Å². The first-order chi connectivity index (χ1) is 15.9. The minimum atomic E-state index is -0.302. The normalized spacial score (nSPS) is 18.8. The lowest BCUT2D eigenvalue weighted by Gasteiger charge is -2.39. The Kier molecular flexibility index (Phi) is 8.55. The van der Waals surface area contributed by atoms with Crippen molar-refractivity contribution >= 4 is 46.7 Å². The molecule has 33 heavy (non-hydrogen) atoms. The molecule has 2 amide bonds. The van der Waals surface area contributed by atoms with Crippen molar-refractivity contribution in [2.75, 3.05) is 46.3 Å². The van der Waals surface area contributed by atoms with Crippen molar-refractivity contribution in [3.05, 3.63) is 35.0 Å². The lowest BCUT2D eigenvalue weighted by Crippen LogP contribution is -2.47. The average Bonchev–Trinajstić information content (AvgIpc) is 3.14. The monoisotopic (exact) mass is 495 g/mol. The number of piperidine rings is 2. The van der Waals surface area contributed by atoms with Crippen LogP contribution in [0.25, 0.3) is 10.9 Å². The van der Waals surface area contributed by atoms with E-state index in [1.54, 1.807) is 23.1 Å². The fourth-order valence-corrected chi connectivity index (χ4v) is 5.37. The molecule has 2 fully saturated rings. The van der Waals surface area contributed by atoms with Crippen molar-refractivity contribution in [2.45, 2.75) is 39.0 Å². The van der Waals surface area contributed by atoms with E-state index < -0.39 is 0 Å². The van der Waals surface area contributed by atoms with Crippen molar-refractivity contribution in [3.8, 4) is 0 Å². The summed E-state index contributed by atoms with van der Waals surface area (Å²) < 4.78 is 8.45. The fourth-order valence-electron chi connectivity index (χ4n) is 5.20. The first-order valence-corrected chi connectivity index (χ1v) is 12.3. The van der Waals surface area contributed by atoms with Gasteiger partial charge in [0.1, 0.15) is 12.2 Å². The highest BCUT2D eigenvalue weighted by Gasteiger charge is 2.31. The minimum Gasteiger partial charge on any atom is -0.351 e. The SMILES string of the molecule is Cl.[2H]c1c(C(=O)N(CCC)CC(=O)N2CCC(C3CCN(C)CC3)CC2)[nH]c2ccc(Cl)cc12. The number of fused-ring (bicyclic) bond motifs is 1. The number of amides is 2. The number of likely N-dealkylation sites (tertiary alicyclic amines) is 2. The Labute approximate surface area is 209 Å². The molecule has 1 N–H and O–H groups in total. The molecule has 0 spiro atoms. The van der Waals surface area contributed by atoms with Gasteiger partial charge in [0, 0.05) is 35.6 Å². The Morgan fingerprint density at radius 3 is 2.42 bits per heavy atom. The van der Waals surface area contributed by atoms with E-state index in [9.17, 15) is 9.59 Å². The second-order valence-corrected chi connectivity index (χ2v) is 9.84. The zero-order chi connectivity index (χ0) is 23.5. The van der Waals surface area contributed by atoms with Crippen LogP contribution in [0.15, 0.2) is 24.2 Å². The van der Waals surface area contributed by atoms with Crippen LogP contribution in [0.1, 0.15) is 50.9 Å². The molecular formula is C25H36Cl2N4O2. The predicted octanol–water partition coefficient (Wildman–Crippen LogP) is 4.68. The molecule has 2 aliphatic rings. The summed E-state index contributed by atoms with van der Waals surface area (Å²) in [6.45, 7) is 6.43. The van der Waals surface area contributed by atoms with Crippen LogP contribution >= 0.6 is 24.0 Å². The van der Waals surface area contributed by atoms with Crippen LogP contribution in [0.3, 0.4) is 0 Å². The van der Waals surface area contributed by atoms with Gasteiger partial charge in [-0.15, -0.1) is 12.4 Å². The summed E-state index contributed by atoms with van der Waals surface area (Å²) in [5.74, 6) is 1.19. The summed E-state index contributed by atoms with van der Waals surface area (Å²) in [5, 5.41) is 1.14. The highest BCUT2D eigenvalue weighted by Crippen LogP contribution is 2.32. The number of halogens is 2. The predicted molar refractivity (Wildman–Crippen MR) is 136 cm³/mol. The van der Waals surface area contributed by atoms with Gasteiger partial charge in [0.25, 0.3) is 5.91 Å². The summed E-state index contributed by atoms with van der Waals surface area (Å²) in [6.07, 6.45) is 5.39. The molecule has 2 saturated heterocycles. The van der Waals surface area contributed by atoms with Gasteiger partial charge in [0.15, 0.2) is 0 Å². The number of nitrogens with one attached hydrogen (secondary N) is 1. The van der Waals surface area contributed by atoms with Gasteiger partial charge in [-0.2, -0.15) is 0 Å². The molecule has 1 aromatic heterocycles. The molecular weight excluding hydrogens is 459 g/mol. The number of aromatic nitrogens is 1. The van der Waals surface area contributed by atoms with E-state index in [2.05, 4.69) is 16.9 Å². The second-order valence-electron chi connectivity index (χ2n) is 9.40. The summed E-state index contributed by atoms with van der Waals surface area (Å²) in [6, 6.07) is 5.33. The summed E-state index contributed by atoms with van der Waals surface area (Å²) in [7, 11) is 2.19. The smallest absolute Gasteiger partial charge is 0.270 e. The Morgan fingerprint density at radius 2 is 1.79 bits per heavy atom. The summed E-state index contributed by atoms with van der Waals surface area (Å²) in [4.78, 5) is 35.3. The van der Waals surface area contributed by atoms with Gasteiger partial charge < -0.3 is 19.7 Å². The third-order valence-corrected chi connectivity index (χ3v) is 7.38. The summed E-state index contributed by atoms with van der Waals surface area (Å²) >= 11 is 6.07. The van der Waals surface area contributed by atoms with Crippen LogP contribution in [-0.2, 0) is 4.79 Å². The molecule has 1 aromatic carbocycles. The Balaban J connectivity index is 0.00000324. The maximum Gasteiger partial charge on any atom is 0.270 e. The van der Waals surface area contributed by atoms with Crippen molar-refractivity contribution in [3.63, 3.8) is 0 Å². The highest BCUT2D eigenvalue weighted by molar-refractivity contribution is 6.31. The first-order valence-electron chi connectivity index (χ1n) is 12.4. The molecule has 2 aliphatic heterocycles. The Bertz CT molecular complexity index is 998. The van der Waals surface area contributed by atoms with Gasteiger partial charge in [-0.1, -0.05) is 18.5 Å². The third-order valence-electron chi connectivity index (χ3n) is 7.14. The zero-order valence-corrected chi connectivity index (χ0v) is 21.2. The van der Waals surface area contributed by atoms with Gasteiger partial charge in [0.2, 0.25) is 5.91 Å². The van der Waals surface area contributed by atoms with Gasteiger partial charge in [-0.25, -0.2) is 0 Å². The lowest BCUT2D eigenvalue weighted by molar-refractivity contribution is -0.133. The number of carbonyl (C=O) groups is 2. The number of nitrogens with zero attached hydrogens (tertiary/aromatic N) is 3. The number of H-pyrrole nitrogens is 1. The van der Waals surface area contributed by atoms with Crippen LogP contribution in [-0.4, -0.2) is 77.8 Å². The van der Waals surface area contributed by atoms with Gasteiger partial charge in [-0.3, -0.25) is 9.59 Å². The molecule has 0 bridgehead atoms. The topological polar surface area (TPSA) is 59.7 Å². The van der Waals surface area contributed by atoms with Gasteiger partial charge >= 0.3 is 0 Å². The number of hydrogen-bond donors (Lipinski definition) is 1. The molecule has 0 unspecified atom stereocenters. The van der Waals surface area contributed by atoms with Gasteiger partial charge in [0.05, 0.1) is 1.37 Å². The standard InChI is InChI=1S/C25H35ClN4O2.ClH/c1-3-10-30(25(32)23-16-20-15-21(26)4-5-22(20)27-23)17-24(31)29-13-8-19(9-14-29)18-6-11-28(2)12-7-18;/h4-5,15-16,18-19,27H,3,6-14,17H2,1-2H3;1H/i16D;. The summed E-state index contributed by atoms with van der Waals surface area (Å²) in [5.41, 5.74) is 0.918. The highest BCUT2D eigenvalue weighted by atomic mass is 35.5. The van der Waals surface area contributed by atoms with Crippen molar-refractivity contribution < 1.29 is 11.0 Å². The van der Waals surface area contributed by atoms with Crippen molar-refractivity contribution in [2.24, 2.45) is 11.8 Å². The number of hydrogen-bond acceptors (Lipinski definition) is 3. The van der Waals surface area contributed by atoms with E-state index in [1.165, 1.54) is 25.9 Å². The van der Waals surface area contributed by atoms with E-state index in [1.807, 2.05) is 11.8 Å². The molecule has 3 heterocycles.